The zero-order valence-corrected chi connectivity index (χ0v) is 18.3. The van der Waals surface area contributed by atoms with Crippen LogP contribution >= 0.6 is 11.3 Å². The summed E-state index contributed by atoms with van der Waals surface area (Å²) in [4.78, 5) is 24.8. The van der Waals surface area contributed by atoms with Gasteiger partial charge in [-0.05, 0) is 49.2 Å². The van der Waals surface area contributed by atoms with Crippen molar-refractivity contribution in [3.05, 3.63) is 57.7 Å². The van der Waals surface area contributed by atoms with Gasteiger partial charge in [-0.25, -0.2) is 8.42 Å². The first-order valence-electron chi connectivity index (χ1n) is 9.08. The maximum absolute atomic E-state index is 13.0. The van der Waals surface area contributed by atoms with E-state index >= 15 is 0 Å². The molecule has 7 nitrogen and oxygen atoms in total. The van der Waals surface area contributed by atoms with E-state index in [1.807, 2.05) is 13.0 Å². The smallest absolute Gasteiger partial charge is 0.307 e. The summed E-state index contributed by atoms with van der Waals surface area (Å²) >= 11 is 1.09. The molecule has 29 heavy (non-hydrogen) atoms. The number of amides is 1. The first kappa shape index (κ1) is 21.1. The fourth-order valence-corrected chi connectivity index (χ4v) is 5.38. The molecule has 0 unspecified atom stereocenters. The average Bonchev–Trinajstić information content (AvgIpc) is 2.91. The highest BCUT2D eigenvalue weighted by atomic mass is 32.2. The van der Waals surface area contributed by atoms with Crippen molar-refractivity contribution in [1.29, 1.82) is 0 Å². The maximum Gasteiger partial charge on any atom is 0.307 e. The molecular weight excluding hydrogens is 410 g/mol. The molecule has 0 saturated carbocycles. The molecule has 1 amide bonds. The van der Waals surface area contributed by atoms with E-state index in [0.717, 1.165) is 37.7 Å². The third-order valence-electron chi connectivity index (χ3n) is 4.65. The van der Waals surface area contributed by atoms with Crippen molar-refractivity contribution >= 4 is 48.9 Å². The van der Waals surface area contributed by atoms with Gasteiger partial charge in [0.2, 0.25) is 15.9 Å². The molecule has 0 bridgehead atoms. The number of thiazole rings is 1. The lowest BCUT2D eigenvalue weighted by Crippen LogP contribution is -2.47. The number of carbonyl (C=O) groups excluding carboxylic acids is 1. The second kappa shape index (κ2) is 8.00. The normalized spacial score (nSPS) is 12.7. The summed E-state index contributed by atoms with van der Waals surface area (Å²) in [6.45, 7) is 3.63. The second-order valence-corrected chi connectivity index (χ2v) is 9.77. The summed E-state index contributed by atoms with van der Waals surface area (Å²) in [6.07, 6.45) is 1.40. The zero-order chi connectivity index (χ0) is 21.3. The lowest BCUT2D eigenvalue weighted by Gasteiger charge is -2.30. The van der Waals surface area contributed by atoms with Crippen LogP contribution in [0.2, 0.25) is 0 Å². The summed E-state index contributed by atoms with van der Waals surface area (Å²) in [5.41, 5.74) is 2.64. The van der Waals surface area contributed by atoms with Gasteiger partial charge in [0.15, 0.2) is 0 Å². The van der Waals surface area contributed by atoms with Crippen LogP contribution in [0.1, 0.15) is 18.9 Å². The van der Waals surface area contributed by atoms with Gasteiger partial charge in [-0.15, -0.1) is 0 Å². The van der Waals surface area contributed by atoms with E-state index in [4.69, 9.17) is 0 Å². The van der Waals surface area contributed by atoms with Gasteiger partial charge in [-0.2, -0.15) is 0 Å². The Hall–Kier alpha value is -2.65. The third-order valence-corrected chi connectivity index (χ3v) is 6.82. The van der Waals surface area contributed by atoms with Crippen molar-refractivity contribution in [2.24, 2.45) is 7.05 Å². The number of hydrogen-bond acceptors (Lipinski definition) is 5. The SMILES string of the molecule is CC[C@@H](C(=O)Nc1ccc2c(c1)sc(=O)n2C)N(c1cccc(C)c1)S(C)(=O)=O. The first-order chi connectivity index (χ1) is 13.6. The Morgan fingerprint density at radius 3 is 2.59 bits per heavy atom. The number of rotatable bonds is 6. The molecule has 1 N–H and O–H groups in total. The molecule has 9 heteroatoms. The Bertz CT molecular complexity index is 1230. The monoisotopic (exact) mass is 433 g/mol. The van der Waals surface area contributed by atoms with Gasteiger partial charge in [-0.1, -0.05) is 30.4 Å². The molecule has 0 saturated heterocycles. The Morgan fingerprint density at radius 1 is 1.24 bits per heavy atom. The fraction of sp³-hybridized carbons (Fsp3) is 0.300. The molecule has 3 aromatic rings. The van der Waals surface area contributed by atoms with Crippen molar-refractivity contribution < 1.29 is 13.2 Å². The Kier molecular flexibility index (Phi) is 5.81. The summed E-state index contributed by atoms with van der Waals surface area (Å²) < 4.78 is 28.5. The van der Waals surface area contributed by atoms with E-state index < -0.39 is 22.0 Å². The van der Waals surface area contributed by atoms with Crippen LogP contribution in [-0.4, -0.2) is 31.2 Å². The van der Waals surface area contributed by atoms with E-state index in [2.05, 4.69) is 5.32 Å². The number of carbonyl (C=O) groups is 1. The molecule has 1 atom stereocenters. The molecule has 0 spiro atoms. The summed E-state index contributed by atoms with van der Waals surface area (Å²) in [5.74, 6) is -0.429. The molecular formula is C20H23N3O4S2. The Labute approximate surface area is 173 Å². The number of nitrogens with one attached hydrogen (secondary N) is 1. The molecule has 0 aliphatic heterocycles. The van der Waals surface area contributed by atoms with Crippen molar-refractivity contribution in [2.75, 3.05) is 15.9 Å². The van der Waals surface area contributed by atoms with Crippen LogP contribution in [0.5, 0.6) is 0 Å². The van der Waals surface area contributed by atoms with E-state index in [0.29, 0.717) is 17.8 Å². The molecule has 1 heterocycles. The van der Waals surface area contributed by atoms with Gasteiger partial charge in [0.1, 0.15) is 6.04 Å². The van der Waals surface area contributed by atoms with Gasteiger partial charge in [0.05, 0.1) is 22.2 Å². The minimum absolute atomic E-state index is 0.0855. The van der Waals surface area contributed by atoms with E-state index in [1.54, 1.807) is 54.9 Å². The number of benzene rings is 2. The number of anilines is 2. The summed E-state index contributed by atoms with van der Waals surface area (Å²) in [6, 6.07) is 11.3. The van der Waals surface area contributed by atoms with Crippen molar-refractivity contribution in [1.82, 2.24) is 4.57 Å². The highest BCUT2D eigenvalue weighted by molar-refractivity contribution is 7.92. The van der Waals surface area contributed by atoms with Crippen LogP contribution < -0.4 is 14.5 Å². The van der Waals surface area contributed by atoms with E-state index in [1.165, 1.54) is 0 Å². The predicted molar refractivity (Wildman–Crippen MR) is 118 cm³/mol. The van der Waals surface area contributed by atoms with Gasteiger partial charge >= 0.3 is 4.87 Å². The number of hydrogen-bond donors (Lipinski definition) is 1. The molecule has 0 aliphatic carbocycles. The third kappa shape index (κ3) is 4.35. The molecule has 0 aliphatic rings. The van der Waals surface area contributed by atoms with Crippen LogP contribution in [-0.2, 0) is 21.9 Å². The van der Waals surface area contributed by atoms with E-state index in [9.17, 15) is 18.0 Å². The van der Waals surface area contributed by atoms with Crippen LogP contribution in [0.4, 0.5) is 11.4 Å². The lowest BCUT2D eigenvalue weighted by atomic mass is 10.1. The number of aryl methyl sites for hydroxylation is 2. The Morgan fingerprint density at radius 2 is 1.97 bits per heavy atom. The van der Waals surface area contributed by atoms with E-state index in [-0.39, 0.29) is 4.87 Å². The zero-order valence-electron chi connectivity index (χ0n) is 16.7. The van der Waals surface area contributed by atoms with Crippen LogP contribution in [0.15, 0.2) is 47.3 Å². The highest BCUT2D eigenvalue weighted by Crippen LogP contribution is 2.25. The van der Waals surface area contributed by atoms with Gasteiger partial charge in [0, 0.05) is 12.7 Å². The fourth-order valence-electron chi connectivity index (χ4n) is 3.26. The lowest BCUT2D eigenvalue weighted by molar-refractivity contribution is -0.117. The van der Waals surface area contributed by atoms with Crippen molar-refractivity contribution in [2.45, 2.75) is 26.3 Å². The predicted octanol–water partition coefficient (Wildman–Crippen LogP) is 3.09. The topological polar surface area (TPSA) is 88.5 Å². The van der Waals surface area contributed by atoms with Crippen molar-refractivity contribution in [3.63, 3.8) is 0 Å². The summed E-state index contributed by atoms with van der Waals surface area (Å²) in [7, 11) is -2.00. The molecule has 2 aromatic carbocycles. The number of fused-ring (bicyclic) bond motifs is 1. The number of nitrogens with zero attached hydrogens (tertiary/aromatic N) is 2. The number of sulfonamides is 1. The highest BCUT2D eigenvalue weighted by Gasteiger charge is 2.31. The molecule has 0 fully saturated rings. The molecule has 0 radical (unpaired) electrons. The number of aromatic nitrogens is 1. The van der Waals surface area contributed by atoms with Gasteiger partial charge in [0.25, 0.3) is 0 Å². The Balaban J connectivity index is 1.95. The molecule has 1 aromatic heterocycles. The summed E-state index contributed by atoms with van der Waals surface area (Å²) in [5, 5.41) is 2.80. The minimum atomic E-state index is -3.69. The van der Waals surface area contributed by atoms with Crippen LogP contribution in [0.25, 0.3) is 10.2 Å². The standard InChI is InChI=1S/C20H23N3O4S2/c1-5-16(23(29(4,26)27)15-8-6-7-13(2)11-15)19(24)21-14-9-10-17-18(12-14)28-20(25)22(17)3/h6-12,16H,5H2,1-4H3,(H,21,24)/t16-/m0/s1. The van der Waals surface area contributed by atoms with Crippen LogP contribution in [0, 0.1) is 6.92 Å². The minimum Gasteiger partial charge on any atom is -0.324 e. The van der Waals surface area contributed by atoms with Gasteiger partial charge in [-0.3, -0.25) is 13.9 Å². The molecule has 3 rings (SSSR count). The second-order valence-electron chi connectivity index (χ2n) is 6.92. The largest absolute Gasteiger partial charge is 0.324 e. The van der Waals surface area contributed by atoms with Crippen LogP contribution in [0.3, 0.4) is 0 Å². The average molecular weight is 434 g/mol. The quantitative estimate of drug-likeness (QED) is 0.647. The van der Waals surface area contributed by atoms with Crippen molar-refractivity contribution in [3.8, 4) is 0 Å². The first-order valence-corrected chi connectivity index (χ1v) is 11.7. The molecule has 154 valence electrons. The van der Waals surface area contributed by atoms with Gasteiger partial charge < -0.3 is 9.88 Å². The maximum atomic E-state index is 13.0.